The first kappa shape index (κ1) is 24.7. The molecule has 0 atom stereocenters. The van der Waals surface area contributed by atoms with E-state index in [1.54, 1.807) is 13.8 Å². The van der Waals surface area contributed by atoms with Gasteiger partial charge < -0.3 is 0 Å². The summed E-state index contributed by atoms with van der Waals surface area (Å²) >= 11 is -4.95. The average Bonchev–Trinajstić information content (AvgIpc) is 2.46. The van der Waals surface area contributed by atoms with Crippen LogP contribution in [0.5, 0.6) is 0 Å². The van der Waals surface area contributed by atoms with Crippen molar-refractivity contribution in [3.05, 3.63) is 0 Å². The molecule has 2 N–H and O–H groups in total. The number of unbranched alkanes of at least 4 members (excludes halogenated alkanes) is 3. The Morgan fingerprint density at radius 2 is 1.17 bits per heavy atom. The van der Waals surface area contributed by atoms with Gasteiger partial charge in [0.2, 0.25) is 0 Å². The van der Waals surface area contributed by atoms with E-state index < -0.39 is 27.2 Å². The van der Waals surface area contributed by atoms with Crippen LogP contribution in [-0.2, 0) is 37.7 Å². The van der Waals surface area contributed by atoms with Crippen LogP contribution >= 0.6 is 0 Å². The summed E-state index contributed by atoms with van der Waals surface area (Å²) in [4.78, 5) is 0. The summed E-state index contributed by atoms with van der Waals surface area (Å²) in [6.07, 6.45) is 4.91. The first-order valence-electron chi connectivity index (χ1n) is 9.05. The molecule has 0 aromatic rings. The van der Waals surface area contributed by atoms with Crippen LogP contribution in [0.2, 0.25) is 0 Å². The summed E-state index contributed by atoms with van der Waals surface area (Å²) in [7, 11) is -3.65. The molecule has 0 aliphatic carbocycles. The number of rotatable bonds is 16. The van der Waals surface area contributed by atoms with Gasteiger partial charge in [-0.3, -0.25) is 0 Å². The van der Waals surface area contributed by atoms with Gasteiger partial charge in [0.05, 0.1) is 0 Å². The van der Waals surface area contributed by atoms with Crippen LogP contribution in [0.15, 0.2) is 0 Å². The third-order valence-corrected chi connectivity index (χ3v) is 8.80. The molecule has 0 saturated carbocycles. The minimum atomic E-state index is -4.95. The van der Waals surface area contributed by atoms with Gasteiger partial charge in [-0.1, -0.05) is 0 Å². The van der Waals surface area contributed by atoms with E-state index in [1.807, 2.05) is 20.8 Å². The third-order valence-electron chi connectivity index (χ3n) is 2.98. The van der Waals surface area contributed by atoms with Crippen LogP contribution in [0.4, 0.5) is 0 Å². The summed E-state index contributed by atoms with van der Waals surface area (Å²) in [6, 6.07) is 0. The molecule has 0 amide bonds. The molecule has 0 aliphatic heterocycles. The summed E-state index contributed by atoms with van der Waals surface area (Å²) in [6.45, 7) is 10.7. The van der Waals surface area contributed by atoms with Gasteiger partial charge in [-0.2, -0.15) is 0 Å². The molecule has 24 heavy (non-hydrogen) atoms. The van der Waals surface area contributed by atoms with Crippen molar-refractivity contribution in [1.29, 1.82) is 0 Å². The predicted molar refractivity (Wildman–Crippen MR) is 90.1 cm³/mol. The fraction of sp³-hybridized carbons (Fsp3) is 1.00. The summed E-state index contributed by atoms with van der Waals surface area (Å²) < 4.78 is 48.5. The van der Waals surface area contributed by atoms with Gasteiger partial charge in [0.1, 0.15) is 0 Å². The summed E-state index contributed by atoms with van der Waals surface area (Å²) in [5.41, 5.74) is 0. The van der Waals surface area contributed by atoms with E-state index in [-0.39, 0.29) is 6.10 Å². The van der Waals surface area contributed by atoms with E-state index in [0.29, 0.717) is 19.8 Å². The van der Waals surface area contributed by atoms with Crippen LogP contribution in [0.3, 0.4) is 0 Å². The second kappa shape index (κ2) is 13.8. The standard InChI is InChI=1S/C12H27O4Si.C3H7O.2H2O.Ti/c1-4-7-10-14-17(13,15-11-8-5-2)16-12-9-6-3;1-3(2)4;;;/h4-12H2,1-3H3;3H,1-2H3;2*1H2;/q2*-1;;;+4/p-2. The zero-order chi connectivity index (χ0) is 18.5. The Hall–Kier alpha value is 0.651. The van der Waals surface area contributed by atoms with Gasteiger partial charge in [0.25, 0.3) is 0 Å². The maximum absolute atomic E-state index is 10.2. The van der Waals surface area contributed by atoms with E-state index in [9.17, 15) is 7.38 Å². The second-order valence-corrected chi connectivity index (χ2v) is 11.0. The van der Waals surface area contributed by atoms with Crippen LogP contribution in [-0.4, -0.2) is 42.3 Å². The molecule has 146 valence electrons. The van der Waals surface area contributed by atoms with Gasteiger partial charge in [-0.15, -0.1) is 0 Å². The molecule has 0 spiro atoms. The first-order valence-corrected chi connectivity index (χ1v) is 13.4. The van der Waals surface area contributed by atoms with Crippen molar-refractivity contribution in [2.45, 2.75) is 79.2 Å². The quantitative estimate of drug-likeness (QED) is 0.302. The van der Waals surface area contributed by atoms with Crippen molar-refractivity contribution in [2.75, 3.05) is 19.8 Å². The fourth-order valence-electron chi connectivity index (χ4n) is 1.73. The molecule has 0 radical (unpaired) electrons. The molecule has 0 aromatic carbocycles. The summed E-state index contributed by atoms with van der Waals surface area (Å²) in [5.74, 6) is 0. The van der Waals surface area contributed by atoms with Gasteiger partial charge >= 0.3 is 153 Å². The molecule has 0 heterocycles. The normalized spacial score (nSPS) is 13.0. The molecule has 7 nitrogen and oxygen atoms in total. The van der Waals surface area contributed by atoms with Crippen molar-refractivity contribution in [3.8, 4) is 0 Å². The molecule has 0 aromatic heterocycles. The molecular formula is C15H36O7SiTi. The molecule has 0 fully saturated rings. The van der Waals surface area contributed by atoms with E-state index in [4.69, 9.17) is 19.6 Å². The van der Waals surface area contributed by atoms with Crippen LogP contribution in [0.1, 0.15) is 73.1 Å². The fourth-order valence-corrected chi connectivity index (χ4v) is 7.25. The SMILES string of the molecule is CCCCO[Si](OCCCC)(OCCCC)[O][Ti]([OH])([OH])[O]C(C)C. The van der Waals surface area contributed by atoms with Gasteiger partial charge in [-0.25, -0.2) is 0 Å². The van der Waals surface area contributed by atoms with Crippen molar-refractivity contribution < 1.29 is 45.1 Å². The van der Waals surface area contributed by atoms with Crippen LogP contribution in [0.25, 0.3) is 0 Å². The minimum absolute atomic E-state index is 0.367. The van der Waals surface area contributed by atoms with Gasteiger partial charge in [-0.05, 0) is 0 Å². The zero-order valence-corrected chi connectivity index (χ0v) is 18.4. The molecule has 0 bridgehead atoms. The average molecular weight is 404 g/mol. The molecule has 0 unspecified atom stereocenters. The zero-order valence-electron chi connectivity index (χ0n) is 15.9. The maximum atomic E-state index is 10.2. The Kier molecular flexibility index (Phi) is 14.2. The van der Waals surface area contributed by atoms with Crippen molar-refractivity contribution >= 4 is 9.05 Å². The third kappa shape index (κ3) is 12.1. The Balaban J connectivity index is 5.09. The monoisotopic (exact) mass is 404 g/mol. The Morgan fingerprint density at radius 3 is 1.46 bits per heavy atom. The molecule has 0 saturated heterocycles. The van der Waals surface area contributed by atoms with Crippen LogP contribution < -0.4 is 0 Å². The van der Waals surface area contributed by atoms with Crippen molar-refractivity contribution in [2.24, 2.45) is 0 Å². The van der Waals surface area contributed by atoms with E-state index in [0.717, 1.165) is 38.5 Å². The van der Waals surface area contributed by atoms with E-state index in [2.05, 4.69) is 0 Å². The van der Waals surface area contributed by atoms with Crippen molar-refractivity contribution in [1.82, 2.24) is 0 Å². The van der Waals surface area contributed by atoms with Crippen molar-refractivity contribution in [3.63, 3.8) is 0 Å². The first-order chi connectivity index (χ1) is 11.3. The Bertz CT molecular complexity index is 279. The summed E-state index contributed by atoms with van der Waals surface area (Å²) in [5, 5.41) is 0. The van der Waals surface area contributed by atoms with E-state index in [1.165, 1.54) is 0 Å². The predicted octanol–water partition coefficient (Wildman–Crippen LogP) is 3.11. The van der Waals surface area contributed by atoms with Gasteiger partial charge in [0, 0.05) is 0 Å². The molecule has 9 heteroatoms. The van der Waals surface area contributed by atoms with Gasteiger partial charge in [0.15, 0.2) is 0 Å². The molecular weight excluding hydrogens is 368 g/mol. The van der Waals surface area contributed by atoms with Crippen LogP contribution in [0, 0.1) is 0 Å². The molecule has 0 aliphatic rings. The topological polar surface area (TPSA) is 86.6 Å². The Morgan fingerprint density at radius 1 is 0.792 bits per heavy atom. The van der Waals surface area contributed by atoms with E-state index >= 15 is 0 Å². The second-order valence-electron chi connectivity index (χ2n) is 5.92. The number of hydrogen-bond acceptors (Lipinski definition) is 7. The number of hydrogen-bond donors (Lipinski definition) is 2. The Labute approximate surface area is 153 Å². The molecule has 0 rings (SSSR count).